The van der Waals surface area contributed by atoms with Crippen LogP contribution in [0.15, 0.2) is 70.1 Å². The lowest BCUT2D eigenvalue weighted by atomic mass is 10.00. The summed E-state index contributed by atoms with van der Waals surface area (Å²) in [4.78, 5) is 14.3. The first-order valence-electron chi connectivity index (χ1n) is 9.55. The lowest BCUT2D eigenvalue weighted by molar-refractivity contribution is 0.268. The molecule has 0 saturated carbocycles. The molecule has 0 N–H and O–H groups in total. The van der Waals surface area contributed by atoms with Crippen LogP contribution in [0.3, 0.4) is 0 Å². The lowest BCUT2D eigenvalue weighted by Gasteiger charge is -2.28. The molecule has 0 radical (unpaired) electrons. The zero-order valence-corrected chi connectivity index (χ0v) is 16.5. The van der Waals surface area contributed by atoms with Gasteiger partial charge in [0.05, 0.1) is 17.8 Å². The van der Waals surface area contributed by atoms with Crippen LogP contribution in [0.2, 0.25) is 0 Å². The van der Waals surface area contributed by atoms with Gasteiger partial charge in [-0.05, 0) is 43.3 Å². The van der Waals surface area contributed by atoms with Crippen molar-refractivity contribution in [1.29, 1.82) is 0 Å². The maximum absolute atomic E-state index is 13.9. The van der Waals surface area contributed by atoms with Gasteiger partial charge in [-0.2, -0.15) is 5.10 Å². The zero-order valence-electron chi connectivity index (χ0n) is 16.5. The molecule has 4 rings (SSSR count). The van der Waals surface area contributed by atoms with E-state index in [1.54, 1.807) is 33.6 Å². The highest BCUT2D eigenvalue weighted by atomic mass is 19.1. The summed E-state index contributed by atoms with van der Waals surface area (Å²) in [6, 6.07) is 13.9. The van der Waals surface area contributed by atoms with Crippen LogP contribution in [0.25, 0.3) is 11.1 Å². The number of benzene rings is 2. The third kappa shape index (κ3) is 4.00. The smallest absolute Gasteiger partial charge is 0.408 e. The number of halogens is 1. The monoisotopic (exact) mass is 394 g/mol. The van der Waals surface area contributed by atoms with Gasteiger partial charge in [0.15, 0.2) is 5.58 Å². The molecule has 2 aromatic carbocycles. The summed E-state index contributed by atoms with van der Waals surface area (Å²) < 4.78 is 22.6. The number of para-hydroxylation sites is 2. The fourth-order valence-electron chi connectivity index (χ4n) is 3.79. The normalized spacial score (nSPS) is 12.7. The molecule has 29 heavy (non-hydrogen) atoms. The molecule has 0 aliphatic rings. The van der Waals surface area contributed by atoms with Crippen LogP contribution >= 0.6 is 0 Å². The zero-order chi connectivity index (χ0) is 20.4. The summed E-state index contributed by atoms with van der Waals surface area (Å²) in [6.07, 6.45) is 4.49. The van der Waals surface area contributed by atoms with Crippen molar-refractivity contribution in [2.75, 3.05) is 13.6 Å². The first kappa shape index (κ1) is 19.1. The standard InChI is InChI=1S/C22H23FN4O2/c1-25(11-6-12-27-19-9-3-4-10-20(19)29-22(27)28)21(17-14-24-26(2)15-17)16-7-5-8-18(23)13-16/h3-5,7-10,13-15,21H,6,11-12H2,1-2H3/t21-/m0/s1. The number of aromatic nitrogens is 3. The van der Waals surface area contributed by atoms with E-state index in [0.29, 0.717) is 18.7 Å². The second kappa shape index (κ2) is 8.05. The van der Waals surface area contributed by atoms with Crippen LogP contribution in [0.5, 0.6) is 0 Å². The summed E-state index contributed by atoms with van der Waals surface area (Å²) in [5, 5.41) is 4.27. The molecule has 0 spiro atoms. The molecule has 0 fully saturated rings. The van der Waals surface area contributed by atoms with E-state index >= 15 is 0 Å². The van der Waals surface area contributed by atoms with Crippen LogP contribution < -0.4 is 5.76 Å². The SMILES string of the molecule is CN(CCCn1c(=O)oc2ccccc21)[C@@H](c1cccc(F)c1)c1cnn(C)c1. The summed E-state index contributed by atoms with van der Waals surface area (Å²) in [5.74, 6) is -0.607. The lowest BCUT2D eigenvalue weighted by Crippen LogP contribution is -2.28. The highest BCUT2D eigenvalue weighted by Crippen LogP contribution is 2.28. The minimum absolute atomic E-state index is 0.128. The molecular weight excluding hydrogens is 371 g/mol. The number of hydrogen-bond donors (Lipinski definition) is 0. The van der Waals surface area contributed by atoms with E-state index < -0.39 is 0 Å². The van der Waals surface area contributed by atoms with Gasteiger partial charge >= 0.3 is 5.76 Å². The molecular formula is C22H23FN4O2. The summed E-state index contributed by atoms with van der Waals surface area (Å²) in [6.45, 7) is 1.26. The number of nitrogens with zero attached hydrogens (tertiary/aromatic N) is 4. The van der Waals surface area contributed by atoms with Crippen molar-refractivity contribution >= 4 is 11.1 Å². The van der Waals surface area contributed by atoms with Gasteiger partial charge in [-0.15, -0.1) is 0 Å². The largest absolute Gasteiger partial charge is 0.419 e. The van der Waals surface area contributed by atoms with Gasteiger partial charge in [0.2, 0.25) is 0 Å². The number of fused-ring (bicyclic) bond motifs is 1. The van der Waals surface area contributed by atoms with Gasteiger partial charge in [-0.1, -0.05) is 24.3 Å². The Bertz CT molecular complexity index is 1180. The van der Waals surface area contributed by atoms with Crippen molar-refractivity contribution in [3.8, 4) is 0 Å². The Kier molecular flexibility index (Phi) is 5.31. The molecule has 0 aliphatic carbocycles. The molecule has 1 atom stereocenters. The van der Waals surface area contributed by atoms with Gasteiger partial charge in [0.25, 0.3) is 0 Å². The van der Waals surface area contributed by atoms with Crippen LogP contribution in [-0.4, -0.2) is 32.8 Å². The van der Waals surface area contributed by atoms with Crippen molar-refractivity contribution in [2.45, 2.75) is 19.0 Å². The Morgan fingerprint density at radius 2 is 2.00 bits per heavy atom. The Morgan fingerprint density at radius 3 is 2.76 bits per heavy atom. The van der Waals surface area contributed by atoms with Crippen molar-refractivity contribution in [2.24, 2.45) is 7.05 Å². The average molecular weight is 394 g/mol. The number of oxazole rings is 1. The highest BCUT2D eigenvalue weighted by Gasteiger charge is 2.21. The maximum Gasteiger partial charge on any atom is 0.419 e. The molecule has 7 heteroatoms. The summed E-state index contributed by atoms with van der Waals surface area (Å²) in [7, 11) is 3.86. The highest BCUT2D eigenvalue weighted by molar-refractivity contribution is 5.72. The Balaban J connectivity index is 1.53. The second-order valence-electron chi connectivity index (χ2n) is 7.23. The van der Waals surface area contributed by atoms with Crippen molar-refractivity contribution in [1.82, 2.24) is 19.2 Å². The Hall–Kier alpha value is -3.19. The van der Waals surface area contributed by atoms with Crippen LogP contribution in [-0.2, 0) is 13.6 Å². The Labute approximate surface area is 167 Å². The topological polar surface area (TPSA) is 56.2 Å². The van der Waals surface area contributed by atoms with E-state index in [0.717, 1.165) is 23.1 Å². The molecule has 6 nitrogen and oxygen atoms in total. The predicted molar refractivity (Wildman–Crippen MR) is 109 cm³/mol. The van der Waals surface area contributed by atoms with Gasteiger partial charge < -0.3 is 4.42 Å². The fourth-order valence-corrected chi connectivity index (χ4v) is 3.79. The van der Waals surface area contributed by atoms with Crippen LogP contribution in [0, 0.1) is 5.82 Å². The quantitative estimate of drug-likeness (QED) is 0.481. The molecule has 150 valence electrons. The second-order valence-corrected chi connectivity index (χ2v) is 7.23. The van der Waals surface area contributed by atoms with E-state index in [2.05, 4.69) is 10.00 Å². The molecule has 0 unspecified atom stereocenters. The van der Waals surface area contributed by atoms with Crippen LogP contribution in [0.1, 0.15) is 23.6 Å². The molecule has 2 heterocycles. The first-order chi connectivity index (χ1) is 14.0. The van der Waals surface area contributed by atoms with Gasteiger partial charge in [-0.3, -0.25) is 14.1 Å². The number of aryl methyl sites for hydroxylation is 2. The average Bonchev–Trinajstić information content (AvgIpc) is 3.25. The molecule has 0 aliphatic heterocycles. The van der Waals surface area contributed by atoms with E-state index in [1.807, 2.05) is 44.6 Å². The van der Waals surface area contributed by atoms with Crippen LogP contribution in [0.4, 0.5) is 4.39 Å². The van der Waals surface area contributed by atoms with Gasteiger partial charge in [-0.25, -0.2) is 9.18 Å². The van der Waals surface area contributed by atoms with E-state index in [-0.39, 0.29) is 17.6 Å². The molecule has 2 aromatic heterocycles. The fraction of sp³-hybridized carbons (Fsp3) is 0.273. The van der Waals surface area contributed by atoms with E-state index in [9.17, 15) is 9.18 Å². The number of rotatable bonds is 7. The summed E-state index contributed by atoms with van der Waals surface area (Å²) >= 11 is 0. The molecule has 0 saturated heterocycles. The van der Waals surface area contributed by atoms with E-state index in [1.165, 1.54) is 6.07 Å². The predicted octanol–water partition coefficient (Wildman–Crippen LogP) is 3.58. The third-order valence-electron chi connectivity index (χ3n) is 5.11. The molecule has 4 aromatic rings. The Morgan fingerprint density at radius 1 is 1.17 bits per heavy atom. The molecule has 0 amide bonds. The minimum atomic E-state index is -0.345. The minimum Gasteiger partial charge on any atom is -0.408 e. The molecule has 0 bridgehead atoms. The van der Waals surface area contributed by atoms with Crippen molar-refractivity contribution in [3.63, 3.8) is 0 Å². The van der Waals surface area contributed by atoms with Gasteiger partial charge in [0, 0.05) is 31.9 Å². The first-order valence-corrected chi connectivity index (χ1v) is 9.55. The maximum atomic E-state index is 13.9. The van der Waals surface area contributed by atoms with Crippen molar-refractivity contribution in [3.05, 3.63) is 88.4 Å². The summed E-state index contributed by atoms with van der Waals surface area (Å²) in [5.41, 5.74) is 3.26. The van der Waals surface area contributed by atoms with Crippen molar-refractivity contribution < 1.29 is 8.81 Å². The number of hydrogen-bond acceptors (Lipinski definition) is 4. The van der Waals surface area contributed by atoms with E-state index in [4.69, 9.17) is 4.42 Å². The third-order valence-corrected chi connectivity index (χ3v) is 5.11. The van der Waals surface area contributed by atoms with Gasteiger partial charge in [0.1, 0.15) is 5.82 Å².